The molecule has 0 radical (unpaired) electrons. The Balaban J connectivity index is 1.29. The zero-order chi connectivity index (χ0) is 17.8. The number of carbonyl (C=O) groups is 1. The molecule has 2 aliphatic rings. The van der Waals surface area contributed by atoms with Gasteiger partial charge < -0.3 is 15.0 Å². The first-order valence-corrected chi connectivity index (χ1v) is 9.35. The first kappa shape index (κ1) is 17.0. The van der Waals surface area contributed by atoms with E-state index in [1.807, 2.05) is 40.2 Å². The first-order valence-electron chi connectivity index (χ1n) is 9.35. The van der Waals surface area contributed by atoms with Crippen LogP contribution < -0.4 is 5.32 Å². The highest BCUT2D eigenvalue weighted by atomic mass is 16.5. The summed E-state index contributed by atoms with van der Waals surface area (Å²) in [6, 6.07) is 6.02. The van der Waals surface area contributed by atoms with Crippen molar-refractivity contribution in [2.75, 3.05) is 31.6 Å². The zero-order valence-corrected chi connectivity index (χ0v) is 14.9. The lowest BCUT2D eigenvalue weighted by molar-refractivity contribution is 0.0681. The monoisotopic (exact) mass is 355 g/mol. The number of aromatic nitrogens is 3. The van der Waals surface area contributed by atoms with Gasteiger partial charge in [-0.1, -0.05) is 0 Å². The van der Waals surface area contributed by atoms with Gasteiger partial charge in [0, 0.05) is 44.8 Å². The maximum Gasteiger partial charge on any atom is 0.255 e. The van der Waals surface area contributed by atoms with Crippen molar-refractivity contribution in [2.24, 2.45) is 5.92 Å². The minimum absolute atomic E-state index is 0.0748. The molecule has 4 rings (SSSR count). The number of nitrogens with zero attached hydrogens (tertiary/aromatic N) is 4. The third-order valence-corrected chi connectivity index (χ3v) is 5.20. The highest BCUT2D eigenvalue weighted by Crippen LogP contribution is 2.21. The maximum atomic E-state index is 12.7. The lowest BCUT2D eigenvalue weighted by Crippen LogP contribution is -2.39. The van der Waals surface area contributed by atoms with Gasteiger partial charge in [0.1, 0.15) is 5.82 Å². The molecule has 2 fully saturated rings. The molecule has 2 aromatic rings. The van der Waals surface area contributed by atoms with Crippen molar-refractivity contribution in [3.05, 3.63) is 42.4 Å². The van der Waals surface area contributed by atoms with E-state index in [9.17, 15) is 4.79 Å². The molecule has 1 unspecified atom stereocenters. The lowest BCUT2D eigenvalue weighted by Gasteiger charge is -2.32. The van der Waals surface area contributed by atoms with E-state index in [2.05, 4.69) is 15.4 Å². The fourth-order valence-corrected chi connectivity index (χ4v) is 3.64. The highest BCUT2D eigenvalue weighted by Gasteiger charge is 2.24. The van der Waals surface area contributed by atoms with Crippen molar-refractivity contribution in [1.29, 1.82) is 0 Å². The van der Waals surface area contributed by atoms with Gasteiger partial charge >= 0.3 is 0 Å². The number of piperidine rings is 1. The minimum Gasteiger partial charge on any atom is -0.379 e. The number of hydrogen-bond acceptors (Lipinski definition) is 5. The average molecular weight is 355 g/mol. The molecule has 4 heterocycles. The molecular weight excluding hydrogens is 330 g/mol. The van der Waals surface area contributed by atoms with Crippen LogP contribution in [-0.4, -0.2) is 57.9 Å². The highest BCUT2D eigenvalue weighted by molar-refractivity contribution is 5.94. The molecule has 1 atom stereocenters. The van der Waals surface area contributed by atoms with E-state index in [1.165, 1.54) is 0 Å². The van der Waals surface area contributed by atoms with Crippen LogP contribution in [0.15, 0.2) is 36.8 Å². The molecule has 2 saturated heterocycles. The van der Waals surface area contributed by atoms with Crippen LogP contribution in [0.1, 0.15) is 29.6 Å². The molecule has 7 heteroatoms. The molecule has 1 N–H and O–H groups in total. The Morgan fingerprint density at radius 3 is 2.81 bits per heavy atom. The van der Waals surface area contributed by atoms with Gasteiger partial charge in [0.2, 0.25) is 0 Å². The molecule has 7 nitrogen and oxygen atoms in total. The second-order valence-corrected chi connectivity index (χ2v) is 7.10. The average Bonchev–Trinajstić information content (AvgIpc) is 3.37. The van der Waals surface area contributed by atoms with E-state index < -0.39 is 0 Å². The molecule has 2 aromatic heterocycles. The third kappa shape index (κ3) is 4.04. The van der Waals surface area contributed by atoms with Crippen molar-refractivity contribution < 1.29 is 9.53 Å². The molecule has 0 aliphatic carbocycles. The molecule has 0 saturated carbocycles. The predicted molar refractivity (Wildman–Crippen MR) is 97.9 cm³/mol. The summed E-state index contributed by atoms with van der Waals surface area (Å²) in [5.74, 6) is 1.46. The van der Waals surface area contributed by atoms with Crippen LogP contribution in [0.25, 0.3) is 0 Å². The normalized spacial score (nSPS) is 21.1. The van der Waals surface area contributed by atoms with Gasteiger partial charge in [-0.25, -0.2) is 4.98 Å². The Kier molecular flexibility index (Phi) is 5.15. The summed E-state index contributed by atoms with van der Waals surface area (Å²) in [6.45, 7) is 4.04. The molecule has 26 heavy (non-hydrogen) atoms. The Bertz CT molecular complexity index is 702. The van der Waals surface area contributed by atoms with E-state index in [1.54, 1.807) is 6.20 Å². The summed E-state index contributed by atoms with van der Waals surface area (Å²) < 4.78 is 7.33. The van der Waals surface area contributed by atoms with E-state index in [0.29, 0.717) is 17.5 Å². The number of amides is 1. The molecule has 0 aromatic carbocycles. The third-order valence-electron chi connectivity index (χ3n) is 5.20. The van der Waals surface area contributed by atoms with Crippen LogP contribution >= 0.6 is 0 Å². The number of likely N-dealkylation sites (tertiary alicyclic amines) is 1. The van der Waals surface area contributed by atoms with Gasteiger partial charge in [-0.05, 0) is 43.4 Å². The molecule has 2 aliphatic heterocycles. The molecule has 0 bridgehead atoms. The summed E-state index contributed by atoms with van der Waals surface area (Å²) in [5.41, 5.74) is 0.656. The minimum atomic E-state index is 0.0748. The first-order chi connectivity index (χ1) is 12.8. The van der Waals surface area contributed by atoms with E-state index >= 15 is 0 Å². The van der Waals surface area contributed by atoms with Gasteiger partial charge in [-0.15, -0.1) is 0 Å². The van der Waals surface area contributed by atoms with Crippen molar-refractivity contribution in [3.63, 3.8) is 0 Å². The van der Waals surface area contributed by atoms with Gasteiger partial charge in [-0.3, -0.25) is 9.48 Å². The number of hydrogen-bond donors (Lipinski definition) is 1. The zero-order valence-electron chi connectivity index (χ0n) is 14.9. The SMILES string of the molecule is O=C(c1ccc(NC2CCOC2)nc1)N1CCC(Cn2cccn2)CC1. The maximum absolute atomic E-state index is 12.7. The Morgan fingerprint density at radius 2 is 2.15 bits per heavy atom. The predicted octanol–water partition coefficient (Wildman–Crippen LogP) is 2.03. The van der Waals surface area contributed by atoms with Crippen LogP contribution in [0, 0.1) is 5.92 Å². The van der Waals surface area contributed by atoms with Gasteiger partial charge in [0.25, 0.3) is 5.91 Å². The van der Waals surface area contributed by atoms with Crippen molar-refractivity contribution in [2.45, 2.75) is 31.8 Å². The summed E-state index contributed by atoms with van der Waals surface area (Å²) in [7, 11) is 0. The number of ether oxygens (including phenoxy) is 1. The van der Waals surface area contributed by atoms with Gasteiger partial charge in [0.15, 0.2) is 0 Å². The largest absolute Gasteiger partial charge is 0.379 e. The summed E-state index contributed by atoms with van der Waals surface area (Å²) in [5, 5.41) is 7.61. The van der Waals surface area contributed by atoms with Crippen LogP contribution in [0.2, 0.25) is 0 Å². The quantitative estimate of drug-likeness (QED) is 0.888. The van der Waals surface area contributed by atoms with Crippen LogP contribution in [-0.2, 0) is 11.3 Å². The van der Waals surface area contributed by atoms with Gasteiger partial charge in [-0.2, -0.15) is 5.10 Å². The van der Waals surface area contributed by atoms with E-state index in [4.69, 9.17) is 4.74 Å². The van der Waals surface area contributed by atoms with Gasteiger partial charge in [0.05, 0.1) is 18.2 Å². The van der Waals surface area contributed by atoms with Crippen LogP contribution in [0.3, 0.4) is 0 Å². The fraction of sp³-hybridized carbons (Fsp3) is 0.526. The Hall–Kier alpha value is -2.41. The van der Waals surface area contributed by atoms with Crippen molar-refractivity contribution >= 4 is 11.7 Å². The molecule has 0 spiro atoms. The Morgan fingerprint density at radius 1 is 1.27 bits per heavy atom. The number of pyridine rings is 1. The molecule has 1 amide bonds. The summed E-state index contributed by atoms with van der Waals surface area (Å²) in [6.07, 6.45) is 8.51. The Labute approximate surface area is 153 Å². The smallest absolute Gasteiger partial charge is 0.255 e. The fourth-order valence-electron chi connectivity index (χ4n) is 3.64. The summed E-state index contributed by atoms with van der Waals surface area (Å²) >= 11 is 0. The molecular formula is C19H25N5O2. The second kappa shape index (κ2) is 7.86. The number of carbonyl (C=O) groups excluding carboxylic acids is 1. The van der Waals surface area contributed by atoms with E-state index in [0.717, 1.165) is 57.9 Å². The van der Waals surface area contributed by atoms with Crippen LogP contribution in [0.4, 0.5) is 5.82 Å². The number of anilines is 1. The standard InChI is InChI=1S/C19H25N5O2/c25-19(16-2-3-18(20-12-16)22-17-6-11-26-14-17)23-9-4-15(5-10-23)13-24-8-1-7-21-24/h1-3,7-8,12,15,17H,4-6,9-11,13-14H2,(H,20,22). The lowest BCUT2D eigenvalue weighted by atomic mass is 9.96. The number of nitrogens with one attached hydrogen (secondary N) is 1. The summed E-state index contributed by atoms with van der Waals surface area (Å²) in [4.78, 5) is 19.0. The number of rotatable bonds is 5. The van der Waals surface area contributed by atoms with Crippen molar-refractivity contribution in [3.8, 4) is 0 Å². The van der Waals surface area contributed by atoms with Crippen molar-refractivity contribution in [1.82, 2.24) is 19.7 Å². The molecule has 138 valence electrons. The van der Waals surface area contributed by atoms with Crippen LogP contribution in [0.5, 0.6) is 0 Å². The topological polar surface area (TPSA) is 72.3 Å². The second-order valence-electron chi connectivity index (χ2n) is 7.10. The van der Waals surface area contributed by atoms with E-state index in [-0.39, 0.29) is 5.91 Å².